The molecule has 7 nitrogen and oxygen atoms in total. The number of nitrogens with one attached hydrogen (secondary N) is 2. The van der Waals surface area contributed by atoms with E-state index in [4.69, 9.17) is 9.47 Å². The average Bonchev–Trinajstić information content (AvgIpc) is 3.21. The first-order valence-electron chi connectivity index (χ1n) is 6.99. The Morgan fingerprint density at radius 3 is 3.12 bits per heavy atom. The number of thioether (sulfide) groups is 1. The molecule has 0 saturated heterocycles. The van der Waals surface area contributed by atoms with Crippen molar-refractivity contribution in [3.63, 3.8) is 0 Å². The number of carbonyl (C=O) groups excluding carboxylic acids is 1. The zero-order chi connectivity index (χ0) is 16.5. The summed E-state index contributed by atoms with van der Waals surface area (Å²) in [6.45, 7) is 0.187. The summed E-state index contributed by atoms with van der Waals surface area (Å²) >= 11 is 2.57. The van der Waals surface area contributed by atoms with E-state index in [2.05, 4.69) is 15.3 Å². The fourth-order valence-electron chi connectivity index (χ4n) is 2.22. The minimum Gasteiger partial charge on any atom is -0.454 e. The molecule has 24 heavy (non-hydrogen) atoms. The van der Waals surface area contributed by atoms with Crippen molar-refractivity contribution in [3.8, 4) is 11.5 Å². The Labute approximate surface area is 144 Å². The molecule has 0 bridgehead atoms. The highest BCUT2D eigenvalue weighted by molar-refractivity contribution is 7.99. The van der Waals surface area contributed by atoms with Crippen molar-refractivity contribution >= 4 is 44.9 Å². The molecular formula is C15H11N3O4S2. The minimum atomic E-state index is -0.201. The Morgan fingerprint density at radius 1 is 1.33 bits per heavy atom. The number of aromatic amines is 1. The second-order valence-corrected chi connectivity index (χ2v) is 6.77. The lowest BCUT2D eigenvalue weighted by Crippen LogP contribution is -2.15. The van der Waals surface area contributed by atoms with Gasteiger partial charge in [0.05, 0.1) is 11.1 Å². The molecule has 0 atom stereocenters. The number of hydrogen-bond donors (Lipinski definition) is 2. The Hall–Kier alpha value is -2.52. The SMILES string of the molecule is O=C(CSc1nc2sccc2c(=O)[nH]1)Nc1ccc2c(c1)OCO2. The Balaban J connectivity index is 1.41. The van der Waals surface area contributed by atoms with Gasteiger partial charge in [0.15, 0.2) is 16.7 Å². The van der Waals surface area contributed by atoms with Crippen LogP contribution in [0.3, 0.4) is 0 Å². The molecule has 1 amide bonds. The quantitative estimate of drug-likeness (QED) is 0.548. The lowest BCUT2D eigenvalue weighted by atomic mass is 10.3. The van der Waals surface area contributed by atoms with Gasteiger partial charge in [-0.25, -0.2) is 4.98 Å². The first kappa shape index (κ1) is 15.0. The Bertz CT molecular complexity index is 982. The van der Waals surface area contributed by atoms with Gasteiger partial charge in [0.25, 0.3) is 5.56 Å². The van der Waals surface area contributed by atoms with E-state index in [0.29, 0.717) is 32.6 Å². The average molecular weight is 361 g/mol. The zero-order valence-electron chi connectivity index (χ0n) is 12.2. The van der Waals surface area contributed by atoms with Crippen LogP contribution in [0.4, 0.5) is 5.69 Å². The predicted molar refractivity (Wildman–Crippen MR) is 92.2 cm³/mol. The number of carbonyl (C=O) groups is 1. The van der Waals surface area contributed by atoms with Gasteiger partial charge in [-0.05, 0) is 23.6 Å². The van der Waals surface area contributed by atoms with Crippen LogP contribution < -0.4 is 20.3 Å². The van der Waals surface area contributed by atoms with Gasteiger partial charge >= 0.3 is 0 Å². The van der Waals surface area contributed by atoms with Crippen LogP contribution in [0.15, 0.2) is 39.6 Å². The van der Waals surface area contributed by atoms with Crippen molar-refractivity contribution in [3.05, 3.63) is 40.0 Å². The number of anilines is 1. The third kappa shape index (κ3) is 2.95. The van der Waals surface area contributed by atoms with Crippen LogP contribution in [0.1, 0.15) is 0 Å². The monoisotopic (exact) mass is 361 g/mol. The van der Waals surface area contributed by atoms with E-state index in [0.717, 1.165) is 0 Å². The summed E-state index contributed by atoms with van der Waals surface area (Å²) in [6, 6.07) is 6.93. The van der Waals surface area contributed by atoms with Crippen molar-refractivity contribution in [1.82, 2.24) is 9.97 Å². The first-order valence-corrected chi connectivity index (χ1v) is 8.85. The van der Waals surface area contributed by atoms with E-state index in [1.165, 1.54) is 23.1 Å². The van der Waals surface area contributed by atoms with Gasteiger partial charge in [-0.3, -0.25) is 9.59 Å². The zero-order valence-corrected chi connectivity index (χ0v) is 13.8. The molecule has 2 N–H and O–H groups in total. The van der Waals surface area contributed by atoms with Crippen molar-refractivity contribution in [2.75, 3.05) is 17.9 Å². The molecule has 2 aromatic heterocycles. The number of fused-ring (bicyclic) bond motifs is 2. The molecule has 4 rings (SSSR count). The van der Waals surface area contributed by atoms with Crippen LogP contribution >= 0.6 is 23.1 Å². The number of amides is 1. The van der Waals surface area contributed by atoms with Gasteiger partial charge in [-0.15, -0.1) is 11.3 Å². The maximum absolute atomic E-state index is 12.1. The fourth-order valence-corrected chi connectivity index (χ4v) is 3.70. The molecule has 9 heteroatoms. The summed E-state index contributed by atoms with van der Waals surface area (Å²) in [5.41, 5.74) is 0.431. The van der Waals surface area contributed by atoms with Gasteiger partial charge in [0.1, 0.15) is 4.83 Å². The molecule has 3 heterocycles. The van der Waals surface area contributed by atoms with Crippen LogP contribution in [-0.4, -0.2) is 28.4 Å². The number of hydrogen-bond acceptors (Lipinski definition) is 7. The molecule has 1 aliphatic heterocycles. The molecule has 1 aliphatic rings. The fraction of sp³-hybridized carbons (Fsp3) is 0.133. The van der Waals surface area contributed by atoms with Crippen molar-refractivity contribution < 1.29 is 14.3 Å². The van der Waals surface area contributed by atoms with Crippen LogP contribution in [0.2, 0.25) is 0 Å². The smallest absolute Gasteiger partial charge is 0.260 e. The molecule has 122 valence electrons. The van der Waals surface area contributed by atoms with Crippen molar-refractivity contribution in [2.45, 2.75) is 5.16 Å². The molecule has 0 aliphatic carbocycles. The largest absolute Gasteiger partial charge is 0.454 e. The minimum absolute atomic E-state index is 0.133. The lowest BCUT2D eigenvalue weighted by Gasteiger charge is -2.06. The third-order valence-electron chi connectivity index (χ3n) is 3.31. The molecular weight excluding hydrogens is 350 g/mol. The number of H-pyrrole nitrogens is 1. The standard InChI is InChI=1S/C15H11N3O4S2/c19-12(16-8-1-2-10-11(5-8)22-7-21-10)6-24-15-17-13(20)9-3-4-23-14(9)18-15/h1-5H,6-7H2,(H,16,19)(H,17,18,20). The van der Waals surface area contributed by atoms with E-state index in [1.807, 2.05) is 5.38 Å². The molecule has 1 aromatic carbocycles. The van der Waals surface area contributed by atoms with Crippen LogP contribution in [0, 0.1) is 0 Å². The molecule has 0 radical (unpaired) electrons. The third-order valence-corrected chi connectivity index (χ3v) is 4.99. The van der Waals surface area contributed by atoms with E-state index < -0.39 is 0 Å². The van der Waals surface area contributed by atoms with Crippen LogP contribution in [0.5, 0.6) is 11.5 Å². The second kappa shape index (κ2) is 6.17. The highest BCUT2D eigenvalue weighted by Gasteiger charge is 2.14. The van der Waals surface area contributed by atoms with Crippen LogP contribution in [0.25, 0.3) is 10.2 Å². The maximum Gasteiger partial charge on any atom is 0.260 e. The molecule has 0 fully saturated rings. The molecule has 0 unspecified atom stereocenters. The second-order valence-electron chi connectivity index (χ2n) is 4.92. The van der Waals surface area contributed by atoms with Gasteiger partial charge in [0, 0.05) is 11.8 Å². The summed E-state index contributed by atoms with van der Waals surface area (Å²) in [6.07, 6.45) is 0. The van der Waals surface area contributed by atoms with Gasteiger partial charge in [0.2, 0.25) is 12.7 Å². The Morgan fingerprint density at radius 2 is 2.21 bits per heavy atom. The van der Waals surface area contributed by atoms with Gasteiger partial charge in [-0.2, -0.15) is 0 Å². The van der Waals surface area contributed by atoms with E-state index in [-0.39, 0.29) is 24.0 Å². The maximum atomic E-state index is 12.1. The van der Waals surface area contributed by atoms with Crippen molar-refractivity contribution in [2.24, 2.45) is 0 Å². The highest BCUT2D eigenvalue weighted by Crippen LogP contribution is 2.34. The molecule has 3 aromatic rings. The summed E-state index contributed by atoms with van der Waals surface area (Å²) < 4.78 is 10.5. The Kier molecular flexibility index (Phi) is 3.87. The lowest BCUT2D eigenvalue weighted by molar-refractivity contribution is -0.113. The highest BCUT2D eigenvalue weighted by atomic mass is 32.2. The van der Waals surface area contributed by atoms with Crippen molar-refractivity contribution in [1.29, 1.82) is 0 Å². The van der Waals surface area contributed by atoms with Gasteiger partial charge < -0.3 is 19.8 Å². The predicted octanol–water partition coefficient (Wildman–Crippen LogP) is 2.44. The number of ether oxygens (including phenoxy) is 2. The molecule has 0 saturated carbocycles. The summed E-state index contributed by atoms with van der Waals surface area (Å²) in [4.78, 5) is 31.6. The number of aromatic nitrogens is 2. The topological polar surface area (TPSA) is 93.3 Å². The van der Waals surface area contributed by atoms with Crippen LogP contribution in [-0.2, 0) is 4.79 Å². The summed E-state index contributed by atoms with van der Waals surface area (Å²) in [7, 11) is 0. The summed E-state index contributed by atoms with van der Waals surface area (Å²) in [5.74, 6) is 1.20. The normalized spacial score (nSPS) is 12.5. The summed E-state index contributed by atoms with van der Waals surface area (Å²) in [5, 5.41) is 5.58. The first-order chi connectivity index (χ1) is 11.7. The number of thiophene rings is 1. The number of rotatable bonds is 4. The number of benzene rings is 1. The van der Waals surface area contributed by atoms with E-state index in [1.54, 1.807) is 24.3 Å². The molecule has 0 spiro atoms. The van der Waals surface area contributed by atoms with Gasteiger partial charge in [-0.1, -0.05) is 11.8 Å². The van der Waals surface area contributed by atoms with E-state index in [9.17, 15) is 9.59 Å². The number of nitrogens with zero attached hydrogens (tertiary/aromatic N) is 1. The van der Waals surface area contributed by atoms with E-state index >= 15 is 0 Å².